The summed E-state index contributed by atoms with van der Waals surface area (Å²) in [6, 6.07) is 21.8. The van der Waals surface area contributed by atoms with Gasteiger partial charge in [0.2, 0.25) is 5.91 Å². The van der Waals surface area contributed by atoms with Crippen LogP contribution in [-0.2, 0) is 27.4 Å². The lowest BCUT2D eigenvalue weighted by atomic mass is 10.1. The predicted octanol–water partition coefficient (Wildman–Crippen LogP) is 5.67. The van der Waals surface area contributed by atoms with Crippen LogP contribution in [0.5, 0.6) is 0 Å². The SMILES string of the molecule is O=C(OCc1ccccc1)C(=Cc1ccc(Cl)c(Cl)c1)N1C(=O)Cc2ccccc21. The largest absolute Gasteiger partial charge is 0.456 e. The summed E-state index contributed by atoms with van der Waals surface area (Å²) in [5, 5.41) is 0.764. The fourth-order valence-electron chi connectivity index (χ4n) is 3.29. The molecule has 150 valence electrons. The molecule has 3 aromatic rings. The maximum absolute atomic E-state index is 13.1. The van der Waals surface area contributed by atoms with Gasteiger partial charge in [-0.3, -0.25) is 9.69 Å². The Morgan fingerprint density at radius 3 is 2.47 bits per heavy atom. The number of hydrogen-bond donors (Lipinski definition) is 0. The molecule has 0 fully saturated rings. The Bertz CT molecular complexity index is 1140. The first-order chi connectivity index (χ1) is 14.5. The van der Waals surface area contributed by atoms with E-state index in [0.717, 1.165) is 11.1 Å². The quantitative estimate of drug-likeness (QED) is 0.381. The van der Waals surface area contributed by atoms with Crippen LogP contribution in [-0.4, -0.2) is 11.9 Å². The highest BCUT2D eigenvalue weighted by Crippen LogP contribution is 2.33. The van der Waals surface area contributed by atoms with Crippen molar-refractivity contribution in [1.29, 1.82) is 0 Å². The van der Waals surface area contributed by atoms with E-state index in [9.17, 15) is 9.59 Å². The standard InChI is InChI=1S/C24H17Cl2NO3/c25-19-11-10-17(12-20(19)26)13-22(24(29)30-15-16-6-2-1-3-7-16)27-21-9-5-4-8-18(21)14-23(27)28/h1-13H,14-15H2. The van der Waals surface area contributed by atoms with Crippen LogP contribution in [0.15, 0.2) is 78.5 Å². The average molecular weight is 438 g/mol. The number of anilines is 1. The van der Waals surface area contributed by atoms with E-state index in [4.69, 9.17) is 27.9 Å². The van der Waals surface area contributed by atoms with Crippen molar-refractivity contribution in [2.24, 2.45) is 0 Å². The zero-order chi connectivity index (χ0) is 21.1. The van der Waals surface area contributed by atoms with Gasteiger partial charge in [0, 0.05) is 0 Å². The number of amides is 1. The molecule has 4 nitrogen and oxygen atoms in total. The molecule has 1 aliphatic heterocycles. The summed E-state index contributed by atoms with van der Waals surface area (Å²) in [6.07, 6.45) is 1.82. The molecule has 30 heavy (non-hydrogen) atoms. The van der Waals surface area contributed by atoms with Crippen molar-refractivity contribution < 1.29 is 14.3 Å². The highest BCUT2D eigenvalue weighted by molar-refractivity contribution is 6.42. The zero-order valence-electron chi connectivity index (χ0n) is 15.8. The van der Waals surface area contributed by atoms with Gasteiger partial charge in [-0.25, -0.2) is 4.79 Å². The van der Waals surface area contributed by atoms with E-state index in [0.29, 0.717) is 21.3 Å². The van der Waals surface area contributed by atoms with Crippen LogP contribution in [0.4, 0.5) is 5.69 Å². The van der Waals surface area contributed by atoms with Crippen LogP contribution < -0.4 is 4.90 Å². The second-order valence-electron chi connectivity index (χ2n) is 6.80. The summed E-state index contributed by atoms with van der Waals surface area (Å²) in [5.41, 5.74) is 3.14. The molecule has 0 radical (unpaired) electrons. The van der Waals surface area contributed by atoms with Crippen LogP contribution >= 0.6 is 23.2 Å². The molecule has 0 saturated carbocycles. The molecule has 1 heterocycles. The molecule has 0 N–H and O–H groups in total. The summed E-state index contributed by atoms with van der Waals surface area (Å²) in [6.45, 7) is 0.0993. The van der Waals surface area contributed by atoms with E-state index < -0.39 is 5.97 Å². The van der Waals surface area contributed by atoms with Gasteiger partial charge in [-0.15, -0.1) is 0 Å². The summed E-state index contributed by atoms with van der Waals surface area (Å²) < 4.78 is 5.53. The maximum atomic E-state index is 13.1. The summed E-state index contributed by atoms with van der Waals surface area (Å²) in [5.74, 6) is -0.797. The van der Waals surface area contributed by atoms with Gasteiger partial charge in [-0.05, 0) is 41.0 Å². The third-order valence-corrected chi connectivity index (χ3v) is 5.47. The molecule has 3 aromatic carbocycles. The molecule has 0 unspecified atom stereocenters. The molecule has 1 amide bonds. The lowest BCUT2D eigenvalue weighted by molar-refractivity contribution is -0.140. The number of carbonyl (C=O) groups is 2. The molecule has 6 heteroatoms. The normalized spacial score (nSPS) is 13.3. The molecule has 1 aliphatic rings. The minimum atomic E-state index is -0.602. The van der Waals surface area contributed by atoms with Crippen molar-refractivity contribution in [2.75, 3.05) is 4.90 Å². The van der Waals surface area contributed by atoms with Crippen LogP contribution in [0.3, 0.4) is 0 Å². The maximum Gasteiger partial charge on any atom is 0.355 e. The number of nitrogens with zero attached hydrogens (tertiary/aromatic N) is 1. The minimum Gasteiger partial charge on any atom is -0.456 e. The number of benzene rings is 3. The number of esters is 1. The van der Waals surface area contributed by atoms with E-state index in [1.165, 1.54) is 4.90 Å². The molecule has 0 aromatic heterocycles. The second-order valence-corrected chi connectivity index (χ2v) is 7.61. The monoisotopic (exact) mass is 437 g/mol. The fourth-order valence-corrected chi connectivity index (χ4v) is 3.60. The number of ether oxygens (including phenoxy) is 1. The number of carbonyl (C=O) groups excluding carboxylic acids is 2. The van der Waals surface area contributed by atoms with Crippen molar-refractivity contribution in [3.63, 3.8) is 0 Å². The van der Waals surface area contributed by atoms with Crippen molar-refractivity contribution >= 4 is 46.8 Å². The third kappa shape index (κ3) is 4.25. The lowest BCUT2D eigenvalue weighted by Crippen LogP contribution is -2.31. The number of fused-ring (bicyclic) bond motifs is 1. The van der Waals surface area contributed by atoms with Gasteiger partial charge >= 0.3 is 5.97 Å². The van der Waals surface area contributed by atoms with Crippen molar-refractivity contribution in [1.82, 2.24) is 0 Å². The van der Waals surface area contributed by atoms with E-state index >= 15 is 0 Å². The number of rotatable bonds is 5. The van der Waals surface area contributed by atoms with Gasteiger partial charge in [-0.2, -0.15) is 0 Å². The molecule has 0 bridgehead atoms. The van der Waals surface area contributed by atoms with Crippen molar-refractivity contribution in [3.05, 3.63) is 105 Å². The van der Waals surface area contributed by atoms with Crippen LogP contribution in [0.2, 0.25) is 10.0 Å². The zero-order valence-corrected chi connectivity index (χ0v) is 17.4. The Balaban J connectivity index is 1.71. The van der Waals surface area contributed by atoms with Gasteiger partial charge in [0.05, 0.1) is 22.2 Å². The van der Waals surface area contributed by atoms with Crippen LogP contribution in [0.1, 0.15) is 16.7 Å². The molecule has 0 aliphatic carbocycles. The predicted molar refractivity (Wildman–Crippen MR) is 118 cm³/mol. The topological polar surface area (TPSA) is 46.6 Å². The lowest BCUT2D eigenvalue weighted by Gasteiger charge is -2.20. The number of hydrogen-bond acceptors (Lipinski definition) is 3. The number of halogens is 2. The summed E-state index contributed by atoms with van der Waals surface area (Å²) >= 11 is 12.1. The van der Waals surface area contributed by atoms with Crippen molar-refractivity contribution in [2.45, 2.75) is 13.0 Å². The molecular weight excluding hydrogens is 421 g/mol. The van der Waals surface area contributed by atoms with Gasteiger partial charge in [0.15, 0.2) is 0 Å². The van der Waals surface area contributed by atoms with Gasteiger partial charge < -0.3 is 4.74 Å². The minimum absolute atomic E-state index is 0.0993. The molecule has 4 rings (SSSR count). The Morgan fingerprint density at radius 1 is 0.967 bits per heavy atom. The molecular formula is C24H17Cl2NO3. The third-order valence-electron chi connectivity index (χ3n) is 4.73. The Hall–Kier alpha value is -3.08. The number of para-hydroxylation sites is 1. The first kappa shape index (κ1) is 20.2. The Labute approximate surface area is 184 Å². The Kier molecular flexibility index (Phi) is 5.88. The van der Waals surface area contributed by atoms with E-state index in [2.05, 4.69) is 0 Å². The highest BCUT2D eigenvalue weighted by atomic mass is 35.5. The smallest absolute Gasteiger partial charge is 0.355 e. The van der Waals surface area contributed by atoms with Crippen LogP contribution in [0.25, 0.3) is 6.08 Å². The first-order valence-electron chi connectivity index (χ1n) is 9.31. The first-order valence-corrected chi connectivity index (χ1v) is 10.1. The Morgan fingerprint density at radius 2 is 1.70 bits per heavy atom. The van der Waals surface area contributed by atoms with Gasteiger partial charge in [0.1, 0.15) is 12.3 Å². The van der Waals surface area contributed by atoms with E-state index in [1.54, 1.807) is 24.3 Å². The highest BCUT2D eigenvalue weighted by Gasteiger charge is 2.33. The fraction of sp³-hybridized carbons (Fsp3) is 0.0833. The summed E-state index contributed by atoms with van der Waals surface area (Å²) in [4.78, 5) is 27.3. The van der Waals surface area contributed by atoms with E-state index in [-0.39, 0.29) is 24.6 Å². The van der Waals surface area contributed by atoms with Gasteiger partial charge in [0.25, 0.3) is 0 Å². The molecule has 0 saturated heterocycles. The van der Waals surface area contributed by atoms with Gasteiger partial charge in [-0.1, -0.05) is 77.8 Å². The second kappa shape index (κ2) is 8.74. The van der Waals surface area contributed by atoms with E-state index in [1.807, 2.05) is 54.6 Å². The van der Waals surface area contributed by atoms with Crippen molar-refractivity contribution in [3.8, 4) is 0 Å². The molecule has 0 atom stereocenters. The average Bonchev–Trinajstić information content (AvgIpc) is 3.09. The van der Waals surface area contributed by atoms with Crippen LogP contribution in [0, 0.1) is 0 Å². The summed E-state index contributed by atoms with van der Waals surface area (Å²) in [7, 11) is 0. The molecule has 0 spiro atoms.